The third-order valence-corrected chi connectivity index (χ3v) is 6.25. The minimum atomic E-state index is -0.710. The molecule has 4 rings (SSSR count). The van der Waals surface area contributed by atoms with Crippen LogP contribution in [-0.2, 0) is 13.1 Å². The summed E-state index contributed by atoms with van der Waals surface area (Å²) < 4.78 is 1.45. The number of thiophene rings is 1. The Bertz CT molecular complexity index is 853. The molecule has 0 spiro atoms. The van der Waals surface area contributed by atoms with Gasteiger partial charge in [-0.3, -0.25) is 14.3 Å². The maximum atomic E-state index is 13.3. The highest BCUT2D eigenvalue weighted by Crippen LogP contribution is 2.28. The second kappa shape index (κ2) is 7.44. The van der Waals surface area contributed by atoms with Crippen molar-refractivity contribution >= 4 is 23.2 Å². The summed E-state index contributed by atoms with van der Waals surface area (Å²) in [6.45, 7) is 3.03. The van der Waals surface area contributed by atoms with Crippen molar-refractivity contribution < 1.29 is 14.7 Å². The first-order valence-corrected chi connectivity index (χ1v) is 10.2. The van der Waals surface area contributed by atoms with Crippen LogP contribution in [0, 0.1) is 6.92 Å². The standard InChI is InChI=1S/C19H24N4O3S/c1-12-6-7-15(27-12)11-22(13-4-2-3-5-13)19(26)16-8-17-18(25)20-9-14(24)10-23(17)21-16/h6-8,13-14,24H,2-5,9-11H2,1H3,(H,20,25). The molecule has 8 heteroatoms. The van der Waals surface area contributed by atoms with E-state index in [4.69, 9.17) is 0 Å². The van der Waals surface area contributed by atoms with Crippen LogP contribution in [0.5, 0.6) is 0 Å². The molecule has 2 amide bonds. The molecule has 2 aromatic rings. The molecule has 2 aromatic heterocycles. The Balaban J connectivity index is 1.62. The lowest BCUT2D eigenvalue weighted by Gasteiger charge is -2.28. The lowest BCUT2D eigenvalue weighted by Crippen LogP contribution is -2.38. The Labute approximate surface area is 162 Å². The van der Waals surface area contributed by atoms with Crippen molar-refractivity contribution in [2.45, 2.75) is 57.8 Å². The number of aromatic nitrogens is 2. The molecule has 0 radical (unpaired) electrons. The summed E-state index contributed by atoms with van der Waals surface area (Å²) in [5.74, 6) is -0.449. The van der Waals surface area contributed by atoms with Gasteiger partial charge in [-0.25, -0.2) is 0 Å². The maximum absolute atomic E-state index is 13.3. The Morgan fingerprint density at radius 3 is 2.89 bits per heavy atom. The molecule has 1 saturated carbocycles. The number of fused-ring (bicyclic) bond motifs is 1. The summed E-state index contributed by atoms with van der Waals surface area (Å²) in [5.41, 5.74) is 0.600. The van der Waals surface area contributed by atoms with Gasteiger partial charge < -0.3 is 15.3 Å². The van der Waals surface area contributed by atoms with Crippen molar-refractivity contribution in [2.24, 2.45) is 0 Å². The number of amides is 2. The molecular weight excluding hydrogens is 364 g/mol. The van der Waals surface area contributed by atoms with E-state index < -0.39 is 6.10 Å². The van der Waals surface area contributed by atoms with E-state index in [9.17, 15) is 14.7 Å². The van der Waals surface area contributed by atoms with Crippen LogP contribution in [0.2, 0.25) is 0 Å². The third-order valence-electron chi connectivity index (χ3n) is 5.26. The summed E-state index contributed by atoms with van der Waals surface area (Å²) >= 11 is 1.70. The fourth-order valence-electron chi connectivity index (χ4n) is 3.88. The average molecular weight is 388 g/mol. The number of carbonyl (C=O) groups is 2. The number of nitrogens with zero attached hydrogens (tertiary/aromatic N) is 3. The Morgan fingerprint density at radius 2 is 2.19 bits per heavy atom. The van der Waals surface area contributed by atoms with Crippen LogP contribution >= 0.6 is 11.3 Å². The summed E-state index contributed by atoms with van der Waals surface area (Å²) in [4.78, 5) is 29.8. The molecule has 144 valence electrons. The molecule has 3 heterocycles. The van der Waals surface area contributed by atoms with Gasteiger partial charge in [0.2, 0.25) is 0 Å². The fraction of sp³-hybridized carbons (Fsp3) is 0.526. The Hall–Kier alpha value is -2.19. The van der Waals surface area contributed by atoms with Crippen molar-refractivity contribution in [3.05, 3.63) is 39.3 Å². The van der Waals surface area contributed by atoms with E-state index in [1.165, 1.54) is 9.56 Å². The number of aliphatic hydroxyl groups is 1. The van der Waals surface area contributed by atoms with Gasteiger partial charge in [0.1, 0.15) is 5.69 Å². The van der Waals surface area contributed by atoms with Gasteiger partial charge in [0.05, 0.1) is 19.2 Å². The van der Waals surface area contributed by atoms with E-state index in [0.29, 0.717) is 12.2 Å². The van der Waals surface area contributed by atoms with E-state index in [1.54, 1.807) is 17.4 Å². The number of β-amino-alcohol motifs (C(OH)–C–C–N with tert-alkyl or cyclic N) is 1. The largest absolute Gasteiger partial charge is 0.389 e. The van der Waals surface area contributed by atoms with Gasteiger partial charge in [0, 0.05) is 28.4 Å². The van der Waals surface area contributed by atoms with Crippen molar-refractivity contribution in [3.63, 3.8) is 0 Å². The smallest absolute Gasteiger partial charge is 0.274 e. The molecule has 0 aromatic carbocycles. The molecule has 1 fully saturated rings. The monoisotopic (exact) mass is 388 g/mol. The highest BCUT2D eigenvalue weighted by Gasteiger charge is 2.31. The summed E-state index contributed by atoms with van der Waals surface area (Å²) in [5, 5.41) is 16.9. The highest BCUT2D eigenvalue weighted by molar-refractivity contribution is 7.11. The minimum Gasteiger partial charge on any atom is -0.389 e. The summed E-state index contributed by atoms with van der Waals surface area (Å²) in [7, 11) is 0. The van der Waals surface area contributed by atoms with Crippen LogP contribution in [0.15, 0.2) is 18.2 Å². The maximum Gasteiger partial charge on any atom is 0.274 e. The molecule has 2 N–H and O–H groups in total. The highest BCUT2D eigenvalue weighted by atomic mass is 32.1. The zero-order valence-electron chi connectivity index (χ0n) is 15.4. The van der Waals surface area contributed by atoms with Gasteiger partial charge >= 0.3 is 0 Å². The molecule has 1 unspecified atom stereocenters. The number of carbonyl (C=O) groups excluding carboxylic acids is 2. The first-order chi connectivity index (χ1) is 13.0. The number of hydrogen-bond acceptors (Lipinski definition) is 5. The molecule has 7 nitrogen and oxygen atoms in total. The second-order valence-corrected chi connectivity index (χ2v) is 8.72. The molecule has 2 aliphatic rings. The number of rotatable bonds is 4. The van der Waals surface area contributed by atoms with Crippen molar-refractivity contribution in [1.82, 2.24) is 20.0 Å². The zero-order chi connectivity index (χ0) is 19.0. The predicted molar refractivity (Wildman–Crippen MR) is 102 cm³/mol. The molecule has 1 atom stereocenters. The molecule has 1 aliphatic carbocycles. The van der Waals surface area contributed by atoms with Crippen LogP contribution < -0.4 is 5.32 Å². The van der Waals surface area contributed by atoms with Gasteiger partial charge in [-0.15, -0.1) is 11.3 Å². The van der Waals surface area contributed by atoms with Gasteiger partial charge in [-0.05, 0) is 31.9 Å². The van der Waals surface area contributed by atoms with Crippen molar-refractivity contribution in [3.8, 4) is 0 Å². The van der Waals surface area contributed by atoms with Crippen LogP contribution in [-0.4, -0.2) is 50.3 Å². The van der Waals surface area contributed by atoms with E-state index >= 15 is 0 Å². The van der Waals surface area contributed by atoms with E-state index in [0.717, 1.165) is 30.6 Å². The summed E-state index contributed by atoms with van der Waals surface area (Å²) in [6.07, 6.45) is 3.56. The first kappa shape index (κ1) is 18.2. The van der Waals surface area contributed by atoms with Crippen LogP contribution in [0.4, 0.5) is 0 Å². The van der Waals surface area contributed by atoms with Gasteiger partial charge in [-0.1, -0.05) is 12.8 Å². The lowest BCUT2D eigenvalue weighted by atomic mass is 10.2. The fourth-order valence-corrected chi connectivity index (χ4v) is 4.77. The third kappa shape index (κ3) is 3.77. The first-order valence-electron chi connectivity index (χ1n) is 9.41. The molecular formula is C19H24N4O3S. The number of aliphatic hydroxyl groups excluding tert-OH is 1. The van der Waals surface area contributed by atoms with Crippen LogP contribution in [0.25, 0.3) is 0 Å². The normalized spacial score (nSPS) is 20.2. The number of nitrogens with one attached hydrogen (secondary N) is 1. The van der Waals surface area contributed by atoms with E-state index in [-0.39, 0.29) is 36.6 Å². The van der Waals surface area contributed by atoms with E-state index in [1.807, 2.05) is 4.90 Å². The Kier molecular flexibility index (Phi) is 5.01. The van der Waals surface area contributed by atoms with Crippen molar-refractivity contribution in [2.75, 3.05) is 6.54 Å². The minimum absolute atomic E-state index is 0.143. The SMILES string of the molecule is Cc1ccc(CN(C(=O)c2cc3n(n2)CC(O)CNC3=O)C2CCCC2)s1. The topological polar surface area (TPSA) is 87.5 Å². The van der Waals surface area contributed by atoms with Gasteiger partial charge in [-0.2, -0.15) is 5.10 Å². The van der Waals surface area contributed by atoms with Gasteiger partial charge in [0.25, 0.3) is 11.8 Å². The second-order valence-electron chi connectivity index (χ2n) is 7.34. The van der Waals surface area contributed by atoms with Crippen molar-refractivity contribution in [1.29, 1.82) is 0 Å². The molecule has 0 saturated heterocycles. The summed E-state index contributed by atoms with van der Waals surface area (Å²) in [6, 6.07) is 5.90. The van der Waals surface area contributed by atoms with E-state index in [2.05, 4.69) is 29.5 Å². The molecule has 27 heavy (non-hydrogen) atoms. The quantitative estimate of drug-likeness (QED) is 0.838. The number of hydrogen-bond donors (Lipinski definition) is 2. The van der Waals surface area contributed by atoms with Crippen LogP contribution in [0.1, 0.15) is 56.4 Å². The lowest BCUT2D eigenvalue weighted by molar-refractivity contribution is 0.0658. The zero-order valence-corrected chi connectivity index (χ0v) is 16.2. The average Bonchev–Trinajstić information content (AvgIpc) is 3.37. The molecule has 1 aliphatic heterocycles. The number of aryl methyl sites for hydroxylation is 1. The Morgan fingerprint density at radius 1 is 1.41 bits per heavy atom. The van der Waals surface area contributed by atoms with Gasteiger partial charge in [0.15, 0.2) is 5.69 Å². The predicted octanol–water partition coefficient (Wildman–Crippen LogP) is 1.94. The van der Waals surface area contributed by atoms with Crippen LogP contribution in [0.3, 0.4) is 0 Å². The molecule has 0 bridgehead atoms.